The molecule has 2 aliphatic rings. The van der Waals surface area contributed by atoms with Gasteiger partial charge in [0.25, 0.3) is 11.8 Å². The number of hydrogen-bond donors (Lipinski definition) is 2. The summed E-state index contributed by atoms with van der Waals surface area (Å²) in [7, 11) is 1.57. The minimum Gasteiger partial charge on any atom is -0.497 e. The van der Waals surface area contributed by atoms with E-state index in [1.165, 1.54) is 29.2 Å². The average molecular weight is 539 g/mol. The van der Waals surface area contributed by atoms with E-state index in [2.05, 4.69) is 5.32 Å². The van der Waals surface area contributed by atoms with Gasteiger partial charge in [0, 0.05) is 36.3 Å². The number of nitrogens with zero attached hydrogens (tertiary/aromatic N) is 2. The van der Waals surface area contributed by atoms with Crippen LogP contribution in [-0.2, 0) is 4.79 Å². The van der Waals surface area contributed by atoms with Gasteiger partial charge in [-0.15, -0.1) is 0 Å². The standard InChI is InChI=1S/C30H39FN4O4/c1-19(2)17-34(29(37)21-6-14-26(39-3)15-7-21)25-16-27(28(36)33-24-12-10-23(32)11-13-24)35(18-25)30(38)20-4-8-22(31)9-5-20/h4-9,14-15,19,23-25,27H,10-13,16-18,32H2,1-3H3,(H,33,36). The molecule has 3 amide bonds. The summed E-state index contributed by atoms with van der Waals surface area (Å²) >= 11 is 0. The first kappa shape index (κ1) is 28.5. The minimum atomic E-state index is -0.749. The molecule has 3 N–H and O–H groups in total. The molecule has 1 heterocycles. The Bertz CT molecular complexity index is 1150. The molecule has 0 aromatic heterocycles. The van der Waals surface area contributed by atoms with Gasteiger partial charge in [-0.3, -0.25) is 14.4 Å². The van der Waals surface area contributed by atoms with Crippen LogP contribution in [0.3, 0.4) is 0 Å². The molecule has 0 spiro atoms. The number of carbonyl (C=O) groups is 3. The maximum atomic E-state index is 13.7. The summed E-state index contributed by atoms with van der Waals surface area (Å²) in [6.07, 6.45) is 3.60. The summed E-state index contributed by atoms with van der Waals surface area (Å²) in [5, 5.41) is 3.13. The fourth-order valence-corrected chi connectivity index (χ4v) is 5.52. The van der Waals surface area contributed by atoms with Gasteiger partial charge < -0.3 is 25.6 Å². The van der Waals surface area contributed by atoms with E-state index < -0.39 is 11.9 Å². The Morgan fingerprint density at radius 2 is 1.64 bits per heavy atom. The lowest BCUT2D eigenvalue weighted by Crippen LogP contribution is -2.50. The summed E-state index contributed by atoms with van der Waals surface area (Å²) in [6.45, 7) is 4.74. The Hall–Kier alpha value is -3.46. The predicted molar refractivity (Wildman–Crippen MR) is 147 cm³/mol. The first-order chi connectivity index (χ1) is 18.7. The molecule has 2 unspecified atom stereocenters. The van der Waals surface area contributed by atoms with Crippen molar-refractivity contribution >= 4 is 17.7 Å². The van der Waals surface area contributed by atoms with Crippen molar-refractivity contribution in [2.45, 2.75) is 70.1 Å². The van der Waals surface area contributed by atoms with Crippen LogP contribution in [0.25, 0.3) is 0 Å². The molecular formula is C30H39FN4O4. The molecule has 39 heavy (non-hydrogen) atoms. The number of halogens is 1. The van der Waals surface area contributed by atoms with Crippen LogP contribution in [0, 0.1) is 11.7 Å². The van der Waals surface area contributed by atoms with Gasteiger partial charge in [0.05, 0.1) is 13.2 Å². The number of carbonyl (C=O) groups excluding carboxylic acids is 3. The van der Waals surface area contributed by atoms with Crippen LogP contribution in [0.15, 0.2) is 48.5 Å². The molecular weight excluding hydrogens is 499 g/mol. The van der Waals surface area contributed by atoms with E-state index in [1.54, 1.807) is 36.3 Å². The topological polar surface area (TPSA) is 105 Å². The summed E-state index contributed by atoms with van der Waals surface area (Å²) in [4.78, 5) is 44.2. The fourth-order valence-electron chi connectivity index (χ4n) is 5.52. The Balaban J connectivity index is 1.60. The van der Waals surface area contributed by atoms with Gasteiger partial charge in [-0.1, -0.05) is 13.8 Å². The Morgan fingerprint density at radius 3 is 2.23 bits per heavy atom. The molecule has 2 fully saturated rings. The summed E-state index contributed by atoms with van der Waals surface area (Å²) in [5.74, 6) is -0.358. The number of nitrogens with two attached hydrogens (primary N) is 1. The molecule has 8 nitrogen and oxygen atoms in total. The van der Waals surface area contributed by atoms with Crippen molar-refractivity contribution in [3.05, 3.63) is 65.5 Å². The first-order valence-electron chi connectivity index (χ1n) is 13.7. The summed E-state index contributed by atoms with van der Waals surface area (Å²) in [6, 6.07) is 11.3. The fraction of sp³-hybridized carbons (Fsp3) is 0.500. The number of hydrogen-bond acceptors (Lipinski definition) is 5. The first-order valence-corrected chi connectivity index (χ1v) is 13.7. The number of methoxy groups -OCH3 is 1. The van der Waals surface area contributed by atoms with Gasteiger partial charge in [-0.05, 0) is 86.6 Å². The molecule has 0 radical (unpaired) electrons. The highest BCUT2D eigenvalue weighted by molar-refractivity contribution is 5.99. The van der Waals surface area contributed by atoms with Crippen LogP contribution < -0.4 is 15.8 Å². The zero-order chi connectivity index (χ0) is 28.1. The van der Waals surface area contributed by atoms with E-state index in [0.717, 1.165) is 25.7 Å². The third-order valence-electron chi connectivity index (χ3n) is 7.65. The Morgan fingerprint density at radius 1 is 1.03 bits per heavy atom. The quantitative estimate of drug-likeness (QED) is 0.534. The van der Waals surface area contributed by atoms with Crippen LogP contribution >= 0.6 is 0 Å². The van der Waals surface area contributed by atoms with Gasteiger partial charge in [0.1, 0.15) is 17.6 Å². The van der Waals surface area contributed by atoms with Crippen LogP contribution in [0.1, 0.15) is 66.7 Å². The van der Waals surface area contributed by atoms with Crippen molar-refractivity contribution in [2.24, 2.45) is 11.7 Å². The number of likely N-dealkylation sites (tertiary alicyclic amines) is 1. The molecule has 2 aromatic carbocycles. The Kier molecular flexibility index (Phi) is 9.22. The van der Waals surface area contributed by atoms with E-state index in [0.29, 0.717) is 29.8 Å². The highest BCUT2D eigenvalue weighted by Gasteiger charge is 2.44. The van der Waals surface area contributed by atoms with Crippen molar-refractivity contribution < 1.29 is 23.5 Å². The predicted octanol–water partition coefficient (Wildman–Crippen LogP) is 3.60. The lowest BCUT2D eigenvalue weighted by Gasteiger charge is -2.31. The van der Waals surface area contributed by atoms with Crippen LogP contribution in [0.4, 0.5) is 4.39 Å². The average Bonchev–Trinajstić information content (AvgIpc) is 3.38. The Labute approximate surface area is 229 Å². The highest BCUT2D eigenvalue weighted by Crippen LogP contribution is 2.28. The number of rotatable bonds is 8. The van der Waals surface area contributed by atoms with Gasteiger partial charge in [-0.25, -0.2) is 4.39 Å². The van der Waals surface area contributed by atoms with Gasteiger partial charge >= 0.3 is 0 Å². The van der Waals surface area contributed by atoms with E-state index in [9.17, 15) is 18.8 Å². The highest BCUT2D eigenvalue weighted by atomic mass is 19.1. The van der Waals surface area contributed by atoms with Crippen molar-refractivity contribution in [3.63, 3.8) is 0 Å². The van der Waals surface area contributed by atoms with Crippen LogP contribution in [0.5, 0.6) is 5.75 Å². The molecule has 2 aromatic rings. The molecule has 210 valence electrons. The van der Waals surface area contributed by atoms with Gasteiger partial charge in [0.15, 0.2) is 0 Å². The summed E-state index contributed by atoms with van der Waals surface area (Å²) in [5.41, 5.74) is 6.85. The largest absolute Gasteiger partial charge is 0.497 e. The SMILES string of the molecule is COc1ccc(C(=O)N(CC(C)C)C2CC(C(=O)NC3CCC(N)CC3)N(C(=O)c3ccc(F)cc3)C2)cc1. The monoisotopic (exact) mass is 538 g/mol. The van der Waals surface area contributed by atoms with Gasteiger partial charge in [0.2, 0.25) is 5.91 Å². The van der Waals surface area contributed by atoms with E-state index >= 15 is 0 Å². The normalized spacial score (nSPS) is 23.0. The molecule has 1 saturated heterocycles. The number of benzene rings is 2. The van der Waals surface area contributed by atoms with Crippen molar-refractivity contribution in [3.8, 4) is 5.75 Å². The second-order valence-corrected chi connectivity index (χ2v) is 11.1. The molecule has 2 atom stereocenters. The van der Waals surface area contributed by atoms with Crippen molar-refractivity contribution in [1.29, 1.82) is 0 Å². The lowest BCUT2D eigenvalue weighted by molar-refractivity contribution is -0.125. The van der Waals surface area contributed by atoms with Gasteiger partial charge in [-0.2, -0.15) is 0 Å². The third-order valence-corrected chi connectivity index (χ3v) is 7.65. The second kappa shape index (κ2) is 12.6. The van der Waals surface area contributed by atoms with E-state index in [1.807, 2.05) is 13.8 Å². The molecule has 1 aliphatic carbocycles. The minimum absolute atomic E-state index is 0.00632. The third kappa shape index (κ3) is 6.95. The van der Waals surface area contributed by atoms with Crippen molar-refractivity contribution in [1.82, 2.24) is 15.1 Å². The lowest BCUT2D eigenvalue weighted by atomic mass is 9.91. The maximum Gasteiger partial charge on any atom is 0.254 e. The zero-order valence-electron chi connectivity index (χ0n) is 22.9. The molecule has 1 aliphatic heterocycles. The van der Waals surface area contributed by atoms with Crippen LogP contribution in [-0.4, -0.2) is 71.9 Å². The number of ether oxygens (including phenoxy) is 1. The number of amides is 3. The molecule has 0 bridgehead atoms. The second-order valence-electron chi connectivity index (χ2n) is 11.1. The van der Waals surface area contributed by atoms with E-state index in [-0.39, 0.29) is 48.3 Å². The smallest absolute Gasteiger partial charge is 0.254 e. The molecule has 9 heteroatoms. The summed E-state index contributed by atoms with van der Waals surface area (Å²) < 4.78 is 18.8. The zero-order valence-corrected chi connectivity index (χ0v) is 22.9. The maximum absolute atomic E-state index is 13.7. The molecule has 1 saturated carbocycles. The van der Waals surface area contributed by atoms with Crippen LogP contribution in [0.2, 0.25) is 0 Å². The van der Waals surface area contributed by atoms with E-state index in [4.69, 9.17) is 10.5 Å². The number of nitrogens with one attached hydrogen (secondary N) is 1. The van der Waals surface area contributed by atoms with Crippen molar-refractivity contribution in [2.75, 3.05) is 20.2 Å². The molecule has 4 rings (SSSR count).